The number of rotatable bonds is 4. The summed E-state index contributed by atoms with van der Waals surface area (Å²) >= 11 is 0. The lowest BCUT2D eigenvalue weighted by Crippen LogP contribution is -2.53. The summed E-state index contributed by atoms with van der Waals surface area (Å²) in [5, 5.41) is 10.1. The van der Waals surface area contributed by atoms with Gasteiger partial charge in [-0.25, -0.2) is 9.59 Å². The molecule has 17 heavy (non-hydrogen) atoms. The molecule has 6 nitrogen and oxygen atoms in total. The Balaban J connectivity index is 2.62. The van der Waals surface area contributed by atoms with Crippen molar-refractivity contribution in [3.8, 4) is 0 Å². The Morgan fingerprint density at radius 2 is 2.18 bits per heavy atom. The van der Waals surface area contributed by atoms with E-state index in [9.17, 15) is 14.7 Å². The number of unbranched alkanes of at least 4 members (excludes halogenated alkanes) is 1. The summed E-state index contributed by atoms with van der Waals surface area (Å²) in [7, 11) is 1.18. The molecule has 6 heteroatoms. The number of methoxy groups -OCH3 is 1. The molecule has 0 aromatic rings. The first-order valence-corrected chi connectivity index (χ1v) is 5.81. The van der Waals surface area contributed by atoms with Crippen LogP contribution < -0.4 is 0 Å². The highest BCUT2D eigenvalue weighted by Gasteiger charge is 2.50. The highest BCUT2D eigenvalue weighted by atomic mass is 16.6. The van der Waals surface area contributed by atoms with Crippen LogP contribution in [0.25, 0.3) is 0 Å². The first-order valence-electron chi connectivity index (χ1n) is 5.81. The van der Waals surface area contributed by atoms with Crippen LogP contribution in [0.2, 0.25) is 0 Å². The number of carbonyl (C=O) groups excluding carboxylic acids is 2. The van der Waals surface area contributed by atoms with Crippen LogP contribution in [0.3, 0.4) is 0 Å². The van der Waals surface area contributed by atoms with E-state index >= 15 is 0 Å². The molecule has 0 spiro atoms. The minimum atomic E-state index is -1.86. The average Bonchev–Trinajstić information content (AvgIpc) is 2.71. The Morgan fingerprint density at radius 3 is 2.76 bits per heavy atom. The van der Waals surface area contributed by atoms with Gasteiger partial charge in [-0.15, -0.1) is 0 Å². The number of nitrogens with zero attached hydrogens (tertiary/aromatic N) is 1. The van der Waals surface area contributed by atoms with Gasteiger partial charge < -0.3 is 14.6 Å². The standard InChI is InChI=1S/C11H19NO5/c1-3-4-8-17-10(14)12-7-5-6-11(12,15)9(13)16-2/h15H,3-8H2,1-2H3. The number of hydrogen-bond acceptors (Lipinski definition) is 5. The number of hydrogen-bond donors (Lipinski definition) is 1. The highest BCUT2D eigenvalue weighted by molar-refractivity contribution is 5.84. The third-order valence-electron chi connectivity index (χ3n) is 2.81. The molecule has 1 unspecified atom stereocenters. The van der Waals surface area contributed by atoms with Crippen molar-refractivity contribution >= 4 is 12.1 Å². The predicted molar refractivity (Wildman–Crippen MR) is 59.2 cm³/mol. The molecule has 1 saturated heterocycles. The van der Waals surface area contributed by atoms with Crippen molar-refractivity contribution in [3.63, 3.8) is 0 Å². The van der Waals surface area contributed by atoms with Gasteiger partial charge in [0, 0.05) is 13.0 Å². The van der Waals surface area contributed by atoms with Crippen molar-refractivity contribution in [2.75, 3.05) is 20.3 Å². The van der Waals surface area contributed by atoms with Crippen molar-refractivity contribution < 1.29 is 24.2 Å². The lowest BCUT2D eigenvalue weighted by molar-refractivity contribution is -0.176. The van der Waals surface area contributed by atoms with Gasteiger partial charge in [0.05, 0.1) is 13.7 Å². The monoisotopic (exact) mass is 245 g/mol. The van der Waals surface area contributed by atoms with Crippen LogP contribution in [-0.4, -0.2) is 48.1 Å². The largest absolute Gasteiger partial charge is 0.465 e. The molecule has 0 radical (unpaired) electrons. The fourth-order valence-corrected chi connectivity index (χ4v) is 1.80. The third-order valence-corrected chi connectivity index (χ3v) is 2.81. The molecule has 1 amide bonds. The zero-order valence-corrected chi connectivity index (χ0v) is 10.3. The van der Waals surface area contributed by atoms with Crippen LogP contribution in [0.1, 0.15) is 32.6 Å². The van der Waals surface area contributed by atoms with Crippen LogP contribution in [0.15, 0.2) is 0 Å². The first kappa shape index (κ1) is 13.8. The molecule has 98 valence electrons. The van der Waals surface area contributed by atoms with Gasteiger partial charge in [0.1, 0.15) is 0 Å². The molecule has 0 saturated carbocycles. The van der Waals surface area contributed by atoms with Gasteiger partial charge in [0.15, 0.2) is 0 Å². The van der Waals surface area contributed by atoms with Gasteiger partial charge in [-0.3, -0.25) is 4.90 Å². The van der Waals surface area contributed by atoms with Crippen LogP contribution in [0.4, 0.5) is 4.79 Å². The number of carbonyl (C=O) groups is 2. The maximum atomic E-state index is 11.7. The number of esters is 1. The van der Waals surface area contributed by atoms with E-state index < -0.39 is 17.8 Å². The second-order valence-corrected chi connectivity index (χ2v) is 4.03. The first-order chi connectivity index (χ1) is 8.06. The van der Waals surface area contributed by atoms with Gasteiger partial charge in [0.25, 0.3) is 0 Å². The number of amides is 1. The molecule has 1 N–H and O–H groups in total. The van der Waals surface area contributed by atoms with E-state index in [2.05, 4.69) is 4.74 Å². The van der Waals surface area contributed by atoms with Crippen LogP contribution in [-0.2, 0) is 14.3 Å². The topological polar surface area (TPSA) is 76.1 Å². The summed E-state index contributed by atoms with van der Waals surface area (Å²) in [6, 6.07) is 0. The summed E-state index contributed by atoms with van der Waals surface area (Å²) in [6.45, 7) is 2.58. The zero-order valence-electron chi connectivity index (χ0n) is 10.3. The number of ether oxygens (including phenoxy) is 2. The summed E-state index contributed by atoms with van der Waals surface area (Å²) in [6.07, 6.45) is 1.74. The molecule has 1 heterocycles. The van der Waals surface area contributed by atoms with Crippen LogP contribution in [0.5, 0.6) is 0 Å². The normalized spacial score (nSPS) is 23.6. The maximum absolute atomic E-state index is 11.7. The van der Waals surface area contributed by atoms with Crippen molar-refractivity contribution in [1.82, 2.24) is 4.90 Å². The van der Waals surface area contributed by atoms with E-state index in [0.717, 1.165) is 17.7 Å². The fraction of sp³-hybridized carbons (Fsp3) is 0.818. The van der Waals surface area contributed by atoms with Gasteiger partial charge >= 0.3 is 12.1 Å². The summed E-state index contributed by atoms with van der Waals surface area (Å²) < 4.78 is 9.48. The van der Waals surface area contributed by atoms with Gasteiger partial charge in [-0.2, -0.15) is 0 Å². The highest BCUT2D eigenvalue weighted by Crippen LogP contribution is 2.28. The minimum Gasteiger partial charge on any atom is -0.465 e. The Labute approximate surface area is 100 Å². The van der Waals surface area contributed by atoms with Gasteiger partial charge in [0.2, 0.25) is 5.72 Å². The predicted octanol–water partition coefficient (Wildman–Crippen LogP) is 0.881. The molecular weight excluding hydrogens is 226 g/mol. The Kier molecular flexibility index (Phi) is 4.74. The zero-order chi connectivity index (χ0) is 12.9. The number of aliphatic hydroxyl groups is 1. The van der Waals surface area contributed by atoms with E-state index in [4.69, 9.17) is 4.74 Å². The smallest absolute Gasteiger partial charge is 0.412 e. The molecule has 1 atom stereocenters. The molecule has 1 aliphatic heterocycles. The van der Waals surface area contributed by atoms with Crippen molar-refractivity contribution in [1.29, 1.82) is 0 Å². The molecule has 1 rings (SSSR count). The summed E-state index contributed by atoms with van der Waals surface area (Å²) in [4.78, 5) is 24.2. The lowest BCUT2D eigenvalue weighted by Gasteiger charge is -2.29. The second-order valence-electron chi connectivity index (χ2n) is 4.03. The molecule has 0 aromatic heterocycles. The minimum absolute atomic E-state index is 0.183. The molecule has 1 fully saturated rings. The Hall–Kier alpha value is -1.30. The quantitative estimate of drug-likeness (QED) is 0.587. The van der Waals surface area contributed by atoms with E-state index in [0.29, 0.717) is 19.6 Å². The van der Waals surface area contributed by atoms with Crippen LogP contribution >= 0.6 is 0 Å². The third kappa shape index (κ3) is 2.88. The lowest BCUT2D eigenvalue weighted by atomic mass is 10.1. The van der Waals surface area contributed by atoms with E-state index in [-0.39, 0.29) is 6.42 Å². The van der Waals surface area contributed by atoms with Gasteiger partial charge in [-0.1, -0.05) is 13.3 Å². The SMILES string of the molecule is CCCCOC(=O)N1CCCC1(O)C(=O)OC. The fourth-order valence-electron chi connectivity index (χ4n) is 1.80. The maximum Gasteiger partial charge on any atom is 0.412 e. The number of likely N-dealkylation sites (tertiary alicyclic amines) is 1. The second kappa shape index (κ2) is 5.86. The summed E-state index contributed by atoms with van der Waals surface area (Å²) in [5.74, 6) is -0.817. The molecule has 1 aliphatic rings. The van der Waals surface area contributed by atoms with Gasteiger partial charge in [-0.05, 0) is 12.8 Å². The Bertz CT molecular complexity index is 294. The van der Waals surface area contributed by atoms with E-state index in [1.54, 1.807) is 0 Å². The van der Waals surface area contributed by atoms with Crippen molar-refractivity contribution in [2.24, 2.45) is 0 Å². The summed E-state index contributed by atoms with van der Waals surface area (Å²) in [5.41, 5.74) is -1.86. The molecule has 0 bridgehead atoms. The molecule has 0 aromatic carbocycles. The molecular formula is C11H19NO5. The van der Waals surface area contributed by atoms with E-state index in [1.165, 1.54) is 7.11 Å². The Morgan fingerprint density at radius 1 is 1.47 bits per heavy atom. The average molecular weight is 245 g/mol. The van der Waals surface area contributed by atoms with Crippen molar-refractivity contribution in [2.45, 2.75) is 38.3 Å². The van der Waals surface area contributed by atoms with Crippen molar-refractivity contribution in [3.05, 3.63) is 0 Å². The molecule has 0 aliphatic carbocycles. The van der Waals surface area contributed by atoms with Crippen LogP contribution in [0, 0.1) is 0 Å². The van der Waals surface area contributed by atoms with E-state index in [1.807, 2.05) is 6.92 Å².